The van der Waals surface area contributed by atoms with Gasteiger partial charge in [-0.05, 0) is 24.1 Å². The average Bonchev–Trinajstić information content (AvgIpc) is 2.40. The van der Waals surface area contributed by atoms with Crippen LogP contribution in [0.5, 0.6) is 0 Å². The Hall–Kier alpha value is -1.62. The molecule has 4 nitrogen and oxygen atoms in total. The summed E-state index contributed by atoms with van der Waals surface area (Å²) in [6.07, 6.45) is 0.910. The topological polar surface area (TPSA) is 44.4 Å². The Bertz CT molecular complexity index is 392. The first-order valence-electron chi connectivity index (χ1n) is 6.48. The fourth-order valence-corrected chi connectivity index (χ4v) is 1.77. The molecule has 0 bridgehead atoms. The van der Waals surface area contributed by atoms with Gasteiger partial charge in [0.1, 0.15) is 5.82 Å². The van der Waals surface area contributed by atoms with Gasteiger partial charge >= 0.3 is 6.03 Å². The molecule has 106 valence electrons. The summed E-state index contributed by atoms with van der Waals surface area (Å²) in [7, 11) is 3.41. The van der Waals surface area contributed by atoms with Gasteiger partial charge in [0.2, 0.25) is 0 Å². The Kier molecular flexibility index (Phi) is 6.29. The van der Waals surface area contributed by atoms with E-state index in [-0.39, 0.29) is 17.9 Å². The van der Waals surface area contributed by atoms with Gasteiger partial charge in [0.25, 0.3) is 0 Å². The molecule has 19 heavy (non-hydrogen) atoms. The van der Waals surface area contributed by atoms with Crippen LogP contribution in [0.3, 0.4) is 0 Å². The van der Waals surface area contributed by atoms with Crippen LogP contribution < -0.4 is 10.6 Å². The van der Waals surface area contributed by atoms with E-state index in [0.29, 0.717) is 13.1 Å². The van der Waals surface area contributed by atoms with Crippen LogP contribution in [0.25, 0.3) is 0 Å². The first-order chi connectivity index (χ1) is 9.04. The predicted molar refractivity (Wildman–Crippen MR) is 74.5 cm³/mol. The van der Waals surface area contributed by atoms with Crippen LogP contribution in [0.4, 0.5) is 9.18 Å². The van der Waals surface area contributed by atoms with E-state index in [9.17, 15) is 9.18 Å². The van der Waals surface area contributed by atoms with Crippen molar-refractivity contribution in [3.05, 3.63) is 35.6 Å². The zero-order chi connectivity index (χ0) is 14.3. The lowest BCUT2D eigenvalue weighted by atomic mass is 10.0. The number of benzene rings is 1. The second-order valence-electron chi connectivity index (χ2n) is 4.59. The zero-order valence-corrected chi connectivity index (χ0v) is 11.7. The molecule has 0 radical (unpaired) electrons. The average molecular weight is 267 g/mol. The molecule has 0 fully saturated rings. The largest absolute Gasteiger partial charge is 0.337 e. The van der Waals surface area contributed by atoms with E-state index in [1.165, 1.54) is 17.0 Å². The summed E-state index contributed by atoms with van der Waals surface area (Å²) in [5, 5.41) is 6.13. The number of hydrogen-bond donors (Lipinski definition) is 2. The minimum atomic E-state index is -0.225. The molecule has 1 unspecified atom stereocenters. The maximum atomic E-state index is 12.9. The molecule has 1 rings (SSSR count). The number of rotatable bonds is 6. The van der Waals surface area contributed by atoms with Gasteiger partial charge in [-0.3, -0.25) is 0 Å². The molecule has 5 heteroatoms. The molecule has 0 aliphatic carbocycles. The molecule has 0 saturated heterocycles. The lowest BCUT2D eigenvalue weighted by molar-refractivity contribution is 0.217. The fraction of sp³-hybridized carbons (Fsp3) is 0.500. The van der Waals surface area contributed by atoms with E-state index in [1.807, 2.05) is 0 Å². The second kappa shape index (κ2) is 7.74. The molecule has 0 heterocycles. The summed E-state index contributed by atoms with van der Waals surface area (Å²) < 4.78 is 12.9. The van der Waals surface area contributed by atoms with Crippen LogP contribution in [-0.4, -0.2) is 38.1 Å². The second-order valence-corrected chi connectivity index (χ2v) is 4.59. The van der Waals surface area contributed by atoms with Crippen molar-refractivity contribution < 1.29 is 9.18 Å². The fourth-order valence-electron chi connectivity index (χ4n) is 1.77. The van der Waals surface area contributed by atoms with E-state index >= 15 is 0 Å². The maximum Gasteiger partial charge on any atom is 0.316 e. The molecule has 0 aromatic heterocycles. The molecule has 2 N–H and O–H groups in total. The van der Waals surface area contributed by atoms with Crippen LogP contribution in [-0.2, 0) is 0 Å². The van der Waals surface area contributed by atoms with Crippen molar-refractivity contribution in [2.24, 2.45) is 0 Å². The Morgan fingerprint density at radius 1 is 1.26 bits per heavy atom. The summed E-state index contributed by atoms with van der Waals surface area (Å²) in [5.41, 5.74) is 1.06. The molecule has 1 aromatic carbocycles. The molecular formula is C14H22FN3O. The van der Waals surface area contributed by atoms with Crippen LogP contribution in [0.1, 0.15) is 24.9 Å². The SMILES string of the molecule is CCC(NCCNC(=O)N(C)C)c1ccc(F)cc1. The minimum absolute atomic E-state index is 0.100. The number of carbonyl (C=O) groups excluding carboxylic acids is 1. The summed E-state index contributed by atoms with van der Waals surface area (Å²) in [5.74, 6) is -0.225. The van der Waals surface area contributed by atoms with Crippen molar-refractivity contribution in [2.75, 3.05) is 27.2 Å². The molecule has 1 aromatic rings. The van der Waals surface area contributed by atoms with Gasteiger partial charge in [-0.15, -0.1) is 0 Å². The predicted octanol–water partition coefficient (Wildman–Crippen LogP) is 2.14. The van der Waals surface area contributed by atoms with Crippen LogP contribution in [0.15, 0.2) is 24.3 Å². The number of urea groups is 1. The van der Waals surface area contributed by atoms with E-state index in [0.717, 1.165) is 12.0 Å². The van der Waals surface area contributed by atoms with Gasteiger partial charge in [0, 0.05) is 33.2 Å². The van der Waals surface area contributed by atoms with E-state index < -0.39 is 0 Å². The van der Waals surface area contributed by atoms with Gasteiger partial charge in [-0.25, -0.2) is 9.18 Å². The minimum Gasteiger partial charge on any atom is -0.337 e. The lowest BCUT2D eigenvalue weighted by Gasteiger charge is -2.18. The number of hydrogen-bond acceptors (Lipinski definition) is 2. The summed E-state index contributed by atoms with van der Waals surface area (Å²) >= 11 is 0. The highest BCUT2D eigenvalue weighted by Crippen LogP contribution is 2.16. The third kappa shape index (κ3) is 5.26. The Labute approximate surface area is 114 Å². The van der Waals surface area contributed by atoms with E-state index in [2.05, 4.69) is 17.6 Å². The summed E-state index contributed by atoms with van der Waals surface area (Å²) in [6, 6.07) is 6.58. The van der Waals surface area contributed by atoms with Crippen molar-refractivity contribution >= 4 is 6.03 Å². The van der Waals surface area contributed by atoms with Gasteiger partial charge in [0.05, 0.1) is 0 Å². The van der Waals surface area contributed by atoms with Crippen molar-refractivity contribution in [1.29, 1.82) is 0 Å². The number of nitrogens with one attached hydrogen (secondary N) is 2. The third-order valence-electron chi connectivity index (χ3n) is 2.88. The molecule has 0 saturated carbocycles. The van der Waals surface area contributed by atoms with Gasteiger partial charge in [-0.2, -0.15) is 0 Å². The van der Waals surface area contributed by atoms with E-state index in [1.54, 1.807) is 26.2 Å². The summed E-state index contributed by atoms with van der Waals surface area (Å²) in [6.45, 7) is 3.31. The highest BCUT2D eigenvalue weighted by atomic mass is 19.1. The standard InChI is InChI=1S/C14H22FN3O/c1-4-13(11-5-7-12(15)8-6-11)16-9-10-17-14(19)18(2)3/h5-8,13,16H,4,9-10H2,1-3H3,(H,17,19). The van der Waals surface area contributed by atoms with Crippen LogP contribution in [0, 0.1) is 5.82 Å². The number of nitrogens with zero attached hydrogens (tertiary/aromatic N) is 1. The molecule has 0 aliphatic rings. The van der Waals surface area contributed by atoms with Crippen molar-refractivity contribution in [2.45, 2.75) is 19.4 Å². The highest BCUT2D eigenvalue weighted by molar-refractivity contribution is 5.73. The zero-order valence-electron chi connectivity index (χ0n) is 11.7. The third-order valence-corrected chi connectivity index (χ3v) is 2.88. The van der Waals surface area contributed by atoms with Crippen LogP contribution >= 0.6 is 0 Å². The monoisotopic (exact) mass is 267 g/mol. The van der Waals surface area contributed by atoms with Crippen LogP contribution in [0.2, 0.25) is 0 Å². The Morgan fingerprint density at radius 2 is 1.89 bits per heavy atom. The molecule has 0 aliphatic heterocycles. The van der Waals surface area contributed by atoms with Gasteiger partial charge in [-0.1, -0.05) is 19.1 Å². The number of amides is 2. The summed E-state index contributed by atoms with van der Waals surface area (Å²) in [4.78, 5) is 12.8. The molecule has 2 amide bonds. The van der Waals surface area contributed by atoms with Crippen molar-refractivity contribution in [3.63, 3.8) is 0 Å². The lowest BCUT2D eigenvalue weighted by Crippen LogP contribution is -2.39. The van der Waals surface area contributed by atoms with Crippen molar-refractivity contribution in [1.82, 2.24) is 15.5 Å². The molecular weight excluding hydrogens is 245 g/mol. The molecule has 0 spiro atoms. The van der Waals surface area contributed by atoms with Gasteiger partial charge < -0.3 is 15.5 Å². The quantitative estimate of drug-likeness (QED) is 0.776. The van der Waals surface area contributed by atoms with Gasteiger partial charge in [0.15, 0.2) is 0 Å². The first-order valence-corrected chi connectivity index (χ1v) is 6.48. The Balaban J connectivity index is 2.37. The smallest absolute Gasteiger partial charge is 0.316 e. The van der Waals surface area contributed by atoms with E-state index in [4.69, 9.17) is 0 Å². The molecule has 1 atom stereocenters. The normalized spacial score (nSPS) is 12.0. The number of halogens is 1. The highest BCUT2D eigenvalue weighted by Gasteiger charge is 2.08. The number of carbonyl (C=O) groups is 1. The van der Waals surface area contributed by atoms with Crippen molar-refractivity contribution in [3.8, 4) is 0 Å². The Morgan fingerprint density at radius 3 is 2.42 bits per heavy atom. The maximum absolute atomic E-state index is 12.9. The first kappa shape index (κ1) is 15.4.